The van der Waals surface area contributed by atoms with E-state index in [0.717, 1.165) is 36.9 Å². The van der Waals surface area contributed by atoms with Gasteiger partial charge in [0.1, 0.15) is 0 Å². The minimum absolute atomic E-state index is 0.171. The zero-order chi connectivity index (χ0) is 11.9. The summed E-state index contributed by atoms with van der Waals surface area (Å²) in [5, 5.41) is 14.8. The van der Waals surface area contributed by atoms with Gasteiger partial charge in [-0.1, -0.05) is 27.2 Å². The molecule has 0 saturated heterocycles. The van der Waals surface area contributed by atoms with E-state index in [1.54, 1.807) is 0 Å². The summed E-state index contributed by atoms with van der Waals surface area (Å²) >= 11 is 0. The lowest BCUT2D eigenvalue weighted by atomic mass is 9.75. The Kier molecular flexibility index (Phi) is 2.82. The average molecular weight is 222 g/mol. The van der Waals surface area contributed by atoms with Gasteiger partial charge >= 0.3 is 0 Å². The van der Waals surface area contributed by atoms with Crippen LogP contribution in [0.15, 0.2) is 0 Å². The van der Waals surface area contributed by atoms with E-state index < -0.39 is 0 Å². The summed E-state index contributed by atoms with van der Waals surface area (Å²) in [6.45, 7) is 6.57. The monoisotopic (exact) mass is 222 g/mol. The highest BCUT2D eigenvalue weighted by molar-refractivity contribution is 5.32. The number of aromatic nitrogens is 2. The largest absolute Gasteiger partial charge is 0.388 e. The van der Waals surface area contributed by atoms with Crippen molar-refractivity contribution in [3.05, 3.63) is 17.0 Å². The summed E-state index contributed by atoms with van der Waals surface area (Å²) in [5.74, 6) is 0. The Morgan fingerprint density at radius 3 is 2.81 bits per heavy atom. The standard InChI is InChI=1S/C13H22N2O/c1-5-6-10-12-9(14-15(10)4)7-13(2,3)8-11(12)16/h11,16H,5-8H2,1-4H3. The maximum atomic E-state index is 10.3. The fraction of sp³-hybridized carbons (Fsp3) is 0.769. The lowest BCUT2D eigenvalue weighted by Gasteiger charge is -2.32. The zero-order valence-corrected chi connectivity index (χ0v) is 10.7. The molecule has 0 bridgehead atoms. The van der Waals surface area contributed by atoms with Crippen LogP contribution in [0, 0.1) is 5.41 Å². The van der Waals surface area contributed by atoms with Gasteiger partial charge in [0, 0.05) is 18.3 Å². The van der Waals surface area contributed by atoms with E-state index in [0.29, 0.717) is 0 Å². The molecule has 0 amide bonds. The maximum Gasteiger partial charge on any atom is 0.0831 e. The molecule has 0 spiro atoms. The van der Waals surface area contributed by atoms with Crippen molar-refractivity contribution >= 4 is 0 Å². The molecule has 1 heterocycles. The van der Waals surface area contributed by atoms with Crippen LogP contribution in [-0.4, -0.2) is 14.9 Å². The van der Waals surface area contributed by atoms with Gasteiger partial charge in [-0.15, -0.1) is 0 Å². The van der Waals surface area contributed by atoms with Gasteiger partial charge in [0.05, 0.1) is 11.8 Å². The predicted octanol–water partition coefficient (Wildman–Crippen LogP) is 2.38. The SMILES string of the molecule is CCCc1c2c(nn1C)CC(C)(C)CC2O. The van der Waals surface area contributed by atoms with E-state index >= 15 is 0 Å². The molecule has 1 aromatic heterocycles. The molecule has 1 aromatic rings. The van der Waals surface area contributed by atoms with Gasteiger partial charge in [0.2, 0.25) is 0 Å². The van der Waals surface area contributed by atoms with Gasteiger partial charge in [0.25, 0.3) is 0 Å². The van der Waals surface area contributed by atoms with Gasteiger partial charge < -0.3 is 5.11 Å². The molecular formula is C13H22N2O. The Balaban J connectivity index is 2.44. The smallest absolute Gasteiger partial charge is 0.0831 e. The number of aliphatic hydroxyl groups excluding tert-OH is 1. The Morgan fingerprint density at radius 2 is 2.19 bits per heavy atom. The lowest BCUT2D eigenvalue weighted by molar-refractivity contribution is 0.0985. The van der Waals surface area contributed by atoms with Crippen molar-refractivity contribution in [3.63, 3.8) is 0 Å². The highest BCUT2D eigenvalue weighted by atomic mass is 16.3. The molecule has 0 radical (unpaired) electrons. The molecule has 1 atom stereocenters. The van der Waals surface area contributed by atoms with Crippen molar-refractivity contribution in [2.75, 3.05) is 0 Å². The Morgan fingerprint density at radius 1 is 1.50 bits per heavy atom. The minimum Gasteiger partial charge on any atom is -0.388 e. The maximum absolute atomic E-state index is 10.3. The van der Waals surface area contributed by atoms with Gasteiger partial charge in [-0.2, -0.15) is 5.10 Å². The first-order valence-corrected chi connectivity index (χ1v) is 6.17. The lowest BCUT2D eigenvalue weighted by Crippen LogP contribution is -2.25. The normalized spacial score (nSPS) is 23.2. The molecule has 0 aromatic carbocycles. The Bertz CT molecular complexity index is 393. The van der Waals surface area contributed by atoms with Crippen LogP contribution in [0.25, 0.3) is 0 Å². The van der Waals surface area contributed by atoms with Crippen molar-refractivity contribution in [2.45, 2.75) is 52.6 Å². The molecule has 0 aliphatic heterocycles. The molecule has 2 rings (SSSR count). The quantitative estimate of drug-likeness (QED) is 0.834. The van der Waals surface area contributed by atoms with Crippen molar-refractivity contribution < 1.29 is 5.11 Å². The number of fused-ring (bicyclic) bond motifs is 1. The molecular weight excluding hydrogens is 200 g/mol. The summed E-state index contributed by atoms with van der Waals surface area (Å²) in [7, 11) is 1.99. The summed E-state index contributed by atoms with van der Waals surface area (Å²) in [5.41, 5.74) is 3.61. The third-order valence-corrected chi connectivity index (χ3v) is 3.50. The number of nitrogens with zero attached hydrogens (tertiary/aromatic N) is 2. The third kappa shape index (κ3) is 1.88. The van der Waals surface area contributed by atoms with Crippen molar-refractivity contribution in [3.8, 4) is 0 Å². The van der Waals surface area contributed by atoms with Crippen molar-refractivity contribution in [1.29, 1.82) is 0 Å². The number of rotatable bonds is 2. The number of hydrogen-bond donors (Lipinski definition) is 1. The topological polar surface area (TPSA) is 38.0 Å². The molecule has 1 aliphatic carbocycles. The molecule has 1 N–H and O–H groups in total. The van der Waals surface area contributed by atoms with Crippen LogP contribution in [0.4, 0.5) is 0 Å². The fourth-order valence-electron chi connectivity index (χ4n) is 2.84. The van der Waals surface area contributed by atoms with E-state index in [4.69, 9.17) is 0 Å². The van der Waals surface area contributed by atoms with E-state index in [-0.39, 0.29) is 11.5 Å². The summed E-state index contributed by atoms with van der Waals surface area (Å²) in [4.78, 5) is 0. The second-order valence-electron chi connectivity index (χ2n) is 5.74. The van der Waals surface area contributed by atoms with Gasteiger partial charge in [-0.3, -0.25) is 4.68 Å². The Labute approximate surface area is 97.5 Å². The van der Waals surface area contributed by atoms with Crippen LogP contribution in [0.2, 0.25) is 0 Å². The summed E-state index contributed by atoms with van der Waals surface area (Å²) < 4.78 is 1.96. The summed E-state index contributed by atoms with van der Waals surface area (Å²) in [6, 6.07) is 0. The van der Waals surface area contributed by atoms with Crippen LogP contribution in [-0.2, 0) is 19.9 Å². The van der Waals surface area contributed by atoms with Gasteiger partial charge in [-0.05, 0) is 24.7 Å². The molecule has 3 nitrogen and oxygen atoms in total. The Hall–Kier alpha value is -0.830. The second-order valence-corrected chi connectivity index (χ2v) is 5.74. The molecule has 0 fully saturated rings. The van der Waals surface area contributed by atoms with E-state index in [2.05, 4.69) is 25.9 Å². The summed E-state index contributed by atoms with van der Waals surface area (Å²) in [6.07, 6.45) is 3.62. The number of aryl methyl sites for hydroxylation is 1. The fourth-order valence-corrected chi connectivity index (χ4v) is 2.84. The first kappa shape index (κ1) is 11.6. The second kappa shape index (κ2) is 3.88. The first-order valence-electron chi connectivity index (χ1n) is 6.17. The zero-order valence-electron chi connectivity index (χ0n) is 10.7. The molecule has 90 valence electrons. The van der Waals surface area contributed by atoms with Crippen LogP contribution in [0.1, 0.15) is 56.7 Å². The average Bonchev–Trinajstić information content (AvgIpc) is 2.41. The van der Waals surface area contributed by atoms with Gasteiger partial charge in [0.15, 0.2) is 0 Å². The number of hydrogen-bond acceptors (Lipinski definition) is 2. The first-order chi connectivity index (χ1) is 7.44. The predicted molar refractivity (Wildman–Crippen MR) is 64.3 cm³/mol. The highest BCUT2D eigenvalue weighted by Crippen LogP contribution is 2.41. The van der Waals surface area contributed by atoms with Crippen LogP contribution < -0.4 is 0 Å². The van der Waals surface area contributed by atoms with Crippen molar-refractivity contribution in [1.82, 2.24) is 9.78 Å². The van der Waals surface area contributed by atoms with E-state index in [1.165, 1.54) is 5.69 Å². The van der Waals surface area contributed by atoms with E-state index in [1.807, 2.05) is 11.7 Å². The van der Waals surface area contributed by atoms with Crippen LogP contribution in [0.5, 0.6) is 0 Å². The molecule has 0 saturated carbocycles. The molecule has 1 unspecified atom stereocenters. The molecule has 16 heavy (non-hydrogen) atoms. The van der Waals surface area contributed by atoms with Crippen LogP contribution in [0.3, 0.4) is 0 Å². The van der Waals surface area contributed by atoms with E-state index in [9.17, 15) is 5.11 Å². The number of aliphatic hydroxyl groups is 1. The van der Waals surface area contributed by atoms with Gasteiger partial charge in [-0.25, -0.2) is 0 Å². The molecule has 3 heteroatoms. The van der Waals surface area contributed by atoms with Crippen molar-refractivity contribution in [2.24, 2.45) is 12.5 Å². The van der Waals surface area contributed by atoms with Crippen LogP contribution >= 0.6 is 0 Å². The third-order valence-electron chi connectivity index (χ3n) is 3.50. The molecule has 1 aliphatic rings. The minimum atomic E-state index is -0.325. The highest BCUT2D eigenvalue weighted by Gasteiger charge is 2.35.